The number of methoxy groups -OCH3 is 2. The van der Waals surface area contributed by atoms with Crippen molar-refractivity contribution in [2.45, 2.75) is 108 Å². The first-order valence-electron chi connectivity index (χ1n) is 15.4. The summed E-state index contributed by atoms with van der Waals surface area (Å²) in [5.74, 6) is -0.122. The standard InChI is InChI=1S/C33H42O10Si/c1-16-13-18-23-25(21(16)27-28-29(36)32(15-39-32)33(40-27,41-28)20(14-34)37-8)42-44(30(2,3)4,31(5,6)7)43-26(23)22-17(24(18)38-9)11-10-12-19(22)35/h13,20,27-28,34H,10-12,14-15H2,1-9H3/t20?,27?,28?,32-,33?/m0/s1. The number of hydrogen-bond acceptors (Lipinski definition) is 10. The molecule has 5 atom stereocenters. The van der Waals surface area contributed by atoms with E-state index in [1.807, 2.05) is 13.0 Å². The Kier molecular flexibility index (Phi) is 6.34. The van der Waals surface area contributed by atoms with Crippen LogP contribution >= 0.6 is 0 Å². The average molecular weight is 627 g/mol. The fourth-order valence-corrected chi connectivity index (χ4v) is 12.9. The molecule has 1 aliphatic carbocycles. The normalized spacial score (nSPS) is 30.8. The summed E-state index contributed by atoms with van der Waals surface area (Å²) in [6, 6.07) is 2.00. The lowest BCUT2D eigenvalue weighted by Gasteiger charge is -2.51. The summed E-state index contributed by atoms with van der Waals surface area (Å²) in [5.41, 5.74) is 1.58. The molecule has 0 saturated carbocycles. The summed E-state index contributed by atoms with van der Waals surface area (Å²) in [6.45, 7) is 14.4. The second kappa shape index (κ2) is 9.26. The van der Waals surface area contributed by atoms with E-state index in [4.69, 9.17) is 32.5 Å². The van der Waals surface area contributed by atoms with Crippen molar-refractivity contribution in [1.29, 1.82) is 0 Å². The van der Waals surface area contributed by atoms with Gasteiger partial charge in [-0.15, -0.1) is 0 Å². The van der Waals surface area contributed by atoms with Gasteiger partial charge in [0.2, 0.25) is 17.2 Å². The number of aliphatic hydroxyl groups excluding tert-OH is 1. The van der Waals surface area contributed by atoms with Gasteiger partial charge in [0.15, 0.2) is 11.9 Å². The fraction of sp³-hybridized carbons (Fsp3) is 0.636. The Morgan fingerprint density at radius 3 is 2.23 bits per heavy atom. The molecule has 0 aromatic heterocycles. The largest absolute Gasteiger partial charge is 0.510 e. The summed E-state index contributed by atoms with van der Waals surface area (Å²) in [4.78, 5) is 27.7. The van der Waals surface area contributed by atoms with Crippen molar-refractivity contribution < 1.29 is 47.2 Å². The van der Waals surface area contributed by atoms with Crippen LogP contribution in [-0.4, -0.2) is 76.3 Å². The number of fused-ring (bicyclic) bond motifs is 5. The highest BCUT2D eigenvalue weighted by molar-refractivity contribution is 6.75. The molecule has 7 rings (SSSR count). The number of Topliss-reactive ketones (excluding diaryl/α,β-unsaturated/α-hetero) is 2. The first-order valence-corrected chi connectivity index (χ1v) is 17.2. The van der Waals surface area contributed by atoms with Crippen molar-refractivity contribution in [2.24, 2.45) is 0 Å². The van der Waals surface area contributed by atoms with E-state index in [1.54, 1.807) is 7.11 Å². The maximum atomic E-state index is 13.9. The lowest BCUT2D eigenvalue weighted by Crippen LogP contribution is -2.63. The molecule has 0 radical (unpaired) electrons. The van der Waals surface area contributed by atoms with Crippen molar-refractivity contribution >= 4 is 30.9 Å². The maximum absolute atomic E-state index is 13.9. The Bertz CT molecular complexity index is 1600. The van der Waals surface area contributed by atoms with Crippen LogP contribution < -0.4 is 13.6 Å². The van der Waals surface area contributed by atoms with Crippen LogP contribution in [0, 0.1) is 6.92 Å². The van der Waals surface area contributed by atoms with Gasteiger partial charge in [-0.25, -0.2) is 0 Å². The molecule has 238 valence electrons. The number of rotatable bonds is 5. The second-order valence-corrected chi connectivity index (χ2v) is 19.4. The molecule has 1 spiro atoms. The average Bonchev–Trinajstić information content (AvgIpc) is 3.61. The number of carbonyl (C=O) groups is 2. The zero-order valence-electron chi connectivity index (χ0n) is 27.0. The van der Waals surface area contributed by atoms with Gasteiger partial charge in [0.1, 0.15) is 29.5 Å². The van der Waals surface area contributed by atoms with E-state index < -0.39 is 54.9 Å². The van der Waals surface area contributed by atoms with Gasteiger partial charge in [0.25, 0.3) is 0 Å². The third kappa shape index (κ3) is 3.48. The Hall–Kier alpha value is -2.54. The molecular formula is C33H42O10Si. The van der Waals surface area contributed by atoms with Crippen molar-refractivity contribution in [1.82, 2.24) is 0 Å². The molecule has 2 bridgehead atoms. The van der Waals surface area contributed by atoms with Crippen molar-refractivity contribution in [2.75, 3.05) is 27.4 Å². The third-order valence-electron chi connectivity index (χ3n) is 10.3. The predicted octanol–water partition coefficient (Wildman–Crippen LogP) is 5.00. The van der Waals surface area contributed by atoms with Gasteiger partial charge >= 0.3 is 8.56 Å². The number of carbonyl (C=O) groups excluding carboxylic acids is 2. The molecule has 11 heteroatoms. The van der Waals surface area contributed by atoms with Crippen molar-refractivity contribution in [3.8, 4) is 17.2 Å². The van der Waals surface area contributed by atoms with Crippen LogP contribution in [0.4, 0.5) is 0 Å². The van der Waals surface area contributed by atoms with Crippen LogP contribution in [0.1, 0.15) is 87.5 Å². The minimum Gasteiger partial charge on any atom is -0.510 e. The van der Waals surface area contributed by atoms with Crippen molar-refractivity contribution in [3.63, 3.8) is 0 Å². The smallest absolute Gasteiger partial charge is 0.471 e. The van der Waals surface area contributed by atoms with Gasteiger partial charge < -0.3 is 37.6 Å². The summed E-state index contributed by atoms with van der Waals surface area (Å²) in [5, 5.41) is 10.8. The zero-order chi connectivity index (χ0) is 31.8. The number of ether oxygens (including phenoxy) is 5. The van der Waals surface area contributed by atoms with E-state index in [1.165, 1.54) is 7.11 Å². The molecule has 10 nitrogen and oxygen atoms in total. The molecule has 44 heavy (non-hydrogen) atoms. The van der Waals surface area contributed by atoms with E-state index in [9.17, 15) is 14.7 Å². The van der Waals surface area contributed by atoms with Crippen LogP contribution in [0.25, 0.3) is 10.8 Å². The van der Waals surface area contributed by atoms with Crippen LogP contribution in [0.5, 0.6) is 17.2 Å². The van der Waals surface area contributed by atoms with Crippen LogP contribution in [0.2, 0.25) is 10.1 Å². The van der Waals surface area contributed by atoms with Gasteiger partial charge in [-0.3, -0.25) is 9.59 Å². The quantitative estimate of drug-likeness (QED) is 0.358. The van der Waals surface area contributed by atoms with E-state index in [0.717, 1.165) is 22.9 Å². The van der Waals surface area contributed by atoms with E-state index in [0.29, 0.717) is 46.6 Å². The predicted molar refractivity (Wildman–Crippen MR) is 162 cm³/mol. The second-order valence-electron chi connectivity index (χ2n) is 14.8. The van der Waals surface area contributed by atoms with Crippen LogP contribution in [-0.2, 0) is 30.2 Å². The fourth-order valence-electron chi connectivity index (χ4n) is 8.37. The number of ketones is 2. The van der Waals surface area contributed by atoms with Gasteiger partial charge in [-0.1, -0.05) is 41.5 Å². The minimum atomic E-state index is -3.31. The minimum absolute atomic E-state index is 0.0227. The van der Waals surface area contributed by atoms with Gasteiger partial charge in [0.05, 0.1) is 31.3 Å². The molecule has 2 aromatic carbocycles. The number of benzene rings is 2. The highest BCUT2D eigenvalue weighted by Gasteiger charge is 2.84. The maximum Gasteiger partial charge on any atom is 0.471 e. The summed E-state index contributed by atoms with van der Waals surface area (Å²) in [7, 11) is -0.238. The highest BCUT2D eigenvalue weighted by atomic mass is 28.4. The molecular weight excluding hydrogens is 584 g/mol. The Balaban J connectivity index is 1.55. The highest BCUT2D eigenvalue weighted by Crippen LogP contribution is 2.65. The number of hydrogen-bond donors (Lipinski definition) is 1. The monoisotopic (exact) mass is 626 g/mol. The number of aryl methyl sites for hydroxylation is 1. The third-order valence-corrected chi connectivity index (χ3v) is 15.2. The Morgan fingerprint density at radius 1 is 1.02 bits per heavy atom. The van der Waals surface area contributed by atoms with Gasteiger partial charge in [-0.05, 0) is 31.4 Å². The summed E-state index contributed by atoms with van der Waals surface area (Å²) >= 11 is 0. The first kappa shape index (κ1) is 30.1. The van der Waals surface area contributed by atoms with E-state index in [2.05, 4.69) is 41.5 Å². The Morgan fingerprint density at radius 2 is 1.66 bits per heavy atom. The molecule has 4 unspecified atom stereocenters. The van der Waals surface area contributed by atoms with Crippen LogP contribution in [0.15, 0.2) is 6.07 Å². The first-order chi connectivity index (χ1) is 20.6. The van der Waals surface area contributed by atoms with E-state index in [-0.39, 0.29) is 18.2 Å². The molecule has 3 fully saturated rings. The molecule has 3 saturated heterocycles. The summed E-state index contributed by atoms with van der Waals surface area (Å²) < 4.78 is 44.9. The van der Waals surface area contributed by atoms with Gasteiger partial charge in [0, 0.05) is 40.1 Å². The molecule has 5 aliphatic rings. The lowest BCUT2D eigenvalue weighted by atomic mass is 9.82. The van der Waals surface area contributed by atoms with Crippen molar-refractivity contribution in [3.05, 3.63) is 28.3 Å². The number of epoxide rings is 1. The van der Waals surface area contributed by atoms with Gasteiger partial charge in [-0.2, -0.15) is 0 Å². The molecule has 0 amide bonds. The van der Waals surface area contributed by atoms with Crippen LogP contribution in [0.3, 0.4) is 0 Å². The lowest BCUT2D eigenvalue weighted by molar-refractivity contribution is -0.259. The number of aliphatic hydroxyl groups is 1. The molecule has 4 heterocycles. The topological polar surface area (TPSA) is 122 Å². The van der Waals surface area contributed by atoms with E-state index >= 15 is 0 Å². The zero-order valence-corrected chi connectivity index (χ0v) is 28.0. The SMILES string of the molecule is COc1c2c(c3c4c(c(C5OC6(C(CO)OC)OC5C(=O)[C@@]65CO5)c(C)cc14)O[Si](C(C)(C)C)(C(C)(C)C)O3)C(=O)CCC2. The molecule has 1 N–H and O–H groups in total. The summed E-state index contributed by atoms with van der Waals surface area (Å²) in [6.07, 6.45) is -0.978. The Labute approximate surface area is 258 Å². The molecule has 2 aromatic rings. The molecule has 4 aliphatic heterocycles.